The molecule has 0 bridgehead atoms. The molecule has 0 amide bonds. The molecule has 2 heteroatoms. The summed E-state index contributed by atoms with van der Waals surface area (Å²) in [6.45, 7) is 11.2. The summed E-state index contributed by atoms with van der Waals surface area (Å²) in [7, 11) is 0. The third-order valence-corrected chi connectivity index (χ3v) is 5.31. The fraction of sp³-hybridized carbons (Fsp3) is 0.429. The van der Waals surface area contributed by atoms with Crippen molar-refractivity contribution in [3.8, 4) is 0 Å². The second-order valence-electron chi connectivity index (χ2n) is 7.50. The Balaban J connectivity index is 2.12. The molecule has 1 unspecified atom stereocenters. The summed E-state index contributed by atoms with van der Waals surface area (Å²) in [5.41, 5.74) is 5.67. The zero-order valence-electron chi connectivity index (χ0n) is 14.7. The molecule has 23 heavy (non-hydrogen) atoms. The predicted molar refractivity (Wildman–Crippen MR) is 103 cm³/mol. The monoisotopic (exact) mass is 348 g/mol. The van der Waals surface area contributed by atoms with Crippen LogP contribution < -0.4 is 0 Å². The smallest absolute Gasteiger partial charge is 0.0595 e. The summed E-state index contributed by atoms with van der Waals surface area (Å²) in [4.78, 5) is 0. The van der Waals surface area contributed by atoms with Crippen LogP contribution in [0.3, 0.4) is 0 Å². The van der Waals surface area contributed by atoms with Gasteiger partial charge in [-0.2, -0.15) is 0 Å². The molecule has 0 nitrogen and oxygen atoms in total. The normalized spacial score (nSPS) is 13.2. The Morgan fingerprint density at radius 2 is 1.65 bits per heavy atom. The SMILES string of the molecule is Cc1ccc(C(C)(C)C)cc1CCC(C)c1ccc(Cl)c(Cl)c1. The van der Waals surface area contributed by atoms with E-state index in [2.05, 4.69) is 58.9 Å². The second kappa shape index (κ2) is 7.28. The molecular weight excluding hydrogens is 323 g/mol. The van der Waals surface area contributed by atoms with Gasteiger partial charge in [0.2, 0.25) is 0 Å². The van der Waals surface area contributed by atoms with Gasteiger partial charge >= 0.3 is 0 Å². The zero-order valence-corrected chi connectivity index (χ0v) is 16.2. The number of benzene rings is 2. The van der Waals surface area contributed by atoms with Crippen molar-refractivity contribution in [2.75, 3.05) is 0 Å². The molecule has 0 aliphatic carbocycles. The highest BCUT2D eigenvalue weighted by atomic mass is 35.5. The molecule has 0 saturated carbocycles. The van der Waals surface area contributed by atoms with Crippen LogP contribution in [0, 0.1) is 6.92 Å². The van der Waals surface area contributed by atoms with Crippen molar-refractivity contribution in [1.82, 2.24) is 0 Å². The van der Waals surface area contributed by atoms with Gasteiger partial charge in [0, 0.05) is 0 Å². The van der Waals surface area contributed by atoms with E-state index < -0.39 is 0 Å². The van der Waals surface area contributed by atoms with Crippen LogP contribution in [0.5, 0.6) is 0 Å². The topological polar surface area (TPSA) is 0 Å². The maximum atomic E-state index is 6.14. The van der Waals surface area contributed by atoms with Gasteiger partial charge in [-0.25, -0.2) is 0 Å². The van der Waals surface area contributed by atoms with Gasteiger partial charge in [0.15, 0.2) is 0 Å². The van der Waals surface area contributed by atoms with Crippen molar-refractivity contribution in [3.63, 3.8) is 0 Å². The van der Waals surface area contributed by atoms with E-state index in [-0.39, 0.29) is 5.41 Å². The summed E-state index contributed by atoms with van der Waals surface area (Å²) in [5.74, 6) is 0.461. The lowest BCUT2D eigenvalue weighted by molar-refractivity contribution is 0.588. The van der Waals surface area contributed by atoms with E-state index in [0.717, 1.165) is 12.8 Å². The Labute approximate surface area is 150 Å². The van der Waals surface area contributed by atoms with Crippen LogP contribution in [0.25, 0.3) is 0 Å². The molecule has 1 atom stereocenters. The minimum atomic E-state index is 0.192. The fourth-order valence-corrected chi connectivity index (χ4v) is 3.07. The minimum Gasteiger partial charge on any atom is -0.0827 e. The van der Waals surface area contributed by atoms with Crippen LogP contribution in [0.4, 0.5) is 0 Å². The lowest BCUT2D eigenvalue weighted by atomic mass is 9.84. The molecule has 0 N–H and O–H groups in total. The average Bonchev–Trinajstić information content (AvgIpc) is 2.47. The van der Waals surface area contributed by atoms with Gasteiger partial charge in [0.05, 0.1) is 10.0 Å². The molecule has 0 heterocycles. The van der Waals surface area contributed by atoms with Crippen LogP contribution in [-0.2, 0) is 11.8 Å². The van der Waals surface area contributed by atoms with Crippen LogP contribution in [0.1, 0.15) is 62.3 Å². The molecule has 0 saturated heterocycles. The fourth-order valence-electron chi connectivity index (χ4n) is 2.76. The van der Waals surface area contributed by atoms with Gasteiger partial charge in [-0.15, -0.1) is 0 Å². The highest BCUT2D eigenvalue weighted by Gasteiger charge is 2.15. The van der Waals surface area contributed by atoms with Crippen LogP contribution in [-0.4, -0.2) is 0 Å². The first-order valence-corrected chi connectivity index (χ1v) is 8.99. The molecule has 2 rings (SSSR count). The molecule has 0 spiro atoms. The van der Waals surface area contributed by atoms with E-state index in [9.17, 15) is 0 Å². The van der Waals surface area contributed by atoms with E-state index in [1.807, 2.05) is 12.1 Å². The van der Waals surface area contributed by atoms with Crippen LogP contribution in [0.2, 0.25) is 10.0 Å². The molecule has 0 aromatic heterocycles. The number of aryl methyl sites for hydroxylation is 2. The highest BCUT2D eigenvalue weighted by Crippen LogP contribution is 2.30. The first-order chi connectivity index (χ1) is 10.7. The average molecular weight is 349 g/mol. The molecule has 2 aromatic carbocycles. The maximum absolute atomic E-state index is 6.14. The highest BCUT2D eigenvalue weighted by molar-refractivity contribution is 6.42. The molecular formula is C21H26Cl2. The van der Waals surface area contributed by atoms with Crippen molar-refractivity contribution < 1.29 is 0 Å². The van der Waals surface area contributed by atoms with Gasteiger partial charge in [-0.1, -0.05) is 75.2 Å². The number of halogens is 2. The van der Waals surface area contributed by atoms with Crippen LogP contribution >= 0.6 is 23.2 Å². The largest absolute Gasteiger partial charge is 0.0827 e. The van der Waals surface area contributed by atoms with E-state index in [4.69, 9.17) is 23.2 Å². The summed E-state index contributed by atoms with van der Waals surface area (Å²) < 4.78 is 0. The molecule has 0 radical (unpaired) electrons. The van der Waals surface area contributed by atoms with Gasteiger partial charge in [-0.3, -0.25) is 0 Å². The Bertz CT molecular complexity index is 681. The summed E-state index contributed by atoms with van der Waals surface area (Å²) in [6.07, 6.45) is 2.18. The lowest BCUT2D eigenvalue weighted by Gasteiger charge is -2.21. The zero-order chi connectivity index (χ0) is 17.2. The van der Waals surface area contributed by atoms with Gasteiger partial charge in [0.1, 0.15) is 0 Å². The van der Waals surface area contributed by atoms with E-state index in [0.29, 0.717) is 16.0 Å². The summed E-state index contributed by atoms with van der Waals surface area (Å²) in [5, 5.41) is 1.26. The molecule has 2 aromatic rings. The molecule has 0 aliphatic rings. The summed E-state index contributed by atoms with van der Waals surface area (Å²) >= 11 is 12.1. The molecule has 124 valence electrons. The number of hydrogen-bond donors (Lipinski definition) is 0. The standard InChI is InChI=1S/C21H26Cl2/c1-14(17-9-11-19(22)20(23)13-17)6-8-16-12-18(21(3,4)5)10-7-15(16)2/h7,9-14H,6,8H2,1-5H3. The van der Waals surface area contributed by atoms with E-state index in [1.54, 1.807) is 0 Å². The first kappa shape index (κ1) is 18.4. The van der Waals surface area contributed by atoms with Gasteiger partial charge in [0.25, 0.3) is 0 Å². The third-order valence-electron chi connectivity index (χ3n) is 4.57. The lowest BCUT2D eigenvalue weighted by Crippen LogP contribution is -2.12. The maximum Gasteiger partial charge on any atom is 0.0595 e. The van der Waals surface area contributed by atoms with Crippen molar-refractivity contribution in [1.29, 1.82) is 0 Å². The molecule has 0 aliphatic heterocycles. The van der Waals surface area contributed by atoms with Crippen molar-refractivity contribution in [2.24, 2.45) is 0 Å². The minimum absolute atomic E-state index is 0.192. The quantitative estimate of drug-likeness (QED) is 0.542. The molecule has 0 fully saturated rings. The summed E-state index contributed by atoms with van der Waals surface area (Å²) in [6, 6.07) is 12.8. The predicted octanol–water partition coefficient (Wildman–Crippen LogP) is 7.34. The number of hydrogen-bond acceptors (Lipinski definition) is 0. The Morgan fingerprint density at radius 1 is 0.957 bits per heavy atom. The van der Waals surface area contributed by atoms with Crippen LogP contribution in [0.15, 0.2) is 36.4 Å². The van der Waals surface area contributed by atoms with Crippen molar-refractivity contribution in [2.45, 2.75) is 58.8 Å². The van der Waals surface area contributed by atoms with E-state index >= 15 is 0 Å². The Kier molecular flexibility index (Phi) is 5.81. The van der Waals surface area contributed by atoms with E-state index in [1.165, 1.54) is 22.3 Å². The second-order valence-corrected chi connectivity index (χ2v) is 8.32. The van der Waals surface area contributed by atoms with Crippen molar-refractivity contribution >= 4 is 23.2 Å². The van der Waals surface area contributed by atoms with Gasteiger partial charge < -0.3 is 0 Å². The Hall–Kier alpha value is -0.980. The third kappa shape index (κ3) is 4.75. The first-order valence-electron chi connectivity index (χ1n) is 8.23. The van der Waals surface area contributed by atoms with Gasteiger partial charge in [-0.05, 0) is 65.5 Å². The number of rotatable bonds is 4. The Morgan fingerprint density at radius 3 is 2.26 bits per heavy atom. The van der Waals surface area contributed by atoms with Crippen molar-refractivity contribution in [3.05, 3.63) is 68.7 Å².